The SMILES string of the molecule is COC[C@H](N)CCCc1cc(Cl)c(F)c(-c2cc3cn(-c4ccc([C@@H]5CCC[C@@H](CCSC(=N)N)N5)cc4)c(=O)nc3[nH]2)c1. The number of hydrogen-bond donors (Lipinski definition) is 5. The van der Waals surface area contributed by atoms with Gasteiger partial charge in [-0.3, -0.25) is 9.98 Å². The highest BCUT2D eigenvalue weighted by Gasteiger charge is 2.22. The van der Waals surface area contributed by atoms with Gasteiger partial charge in [-0.1, -0.05) is 41.9 Å². The Morgan fingerprint density at radius 2 is 2.07 bits per heavy atom. The standard InChI is InChI=1S/C32H39ClFN7O2S/c1-43-18-22(35)5-2-4-19-14-25(29(34)26(33)15-19)28-16-21-17-41(32(42)40-30(21)39-28)24-10-8-20(9-11-24)27-7-3-6-23(38-27)12-13-44-31(36)37/h8-11,14-17,22-23,27,38H,2-7,12-13,18,35H2,1H3,(H3,36,37)(H,39,40,42)/t22-,23+,27+/m1/s1. The summed E-state index contributed by atoms with van der Waals surface area (Å²) < 4.78 is 21.8. The molecule has 12 heteroatoms. The Morgan fingerprint density at radius 1 is 1.27 bits per heavy atom. The summed E-state index contributed by atoms with van der Waals surface area (Å²) in [5.74, 6) is 0.299. The quantitative estimate of drug-likeness (QED) is 0.0991. The second kappa shape index (κ2) is 14.7. The number of nitrogens with two attached hydrogens (primary N) is 2. The number of nitrogens with zero attached hydrogens (tertiary/aromatic N) is 2. The molecule has 0 aliphatic carbocycles. The summed E-state index contributed by atoms with van der Waals surface area (Å²) >= 11 is 7.66. The minimum Gasteiger partial charge on any atom is -0.383 e. The van der Waals surface area contributed by atoms with E-state index in [1.165, 1.54) is 16.3 Å². The number of ether oxygens (including phenoxy) is 1. The molecular weight excluding hydrogens is 601 g/mol. The average Bonchev–Trinajstić information content (AvgIpc) is 3.41. The second-order valence-electron chi connectivity index (χ2n) is 11.4. The molecule has 3 heterocycles. The number of aromatic amines is 1. The van der Waals surface area contributed by atoms with Gasteiger partial charge < -0.3 is 26.5 Å². The lowest BCUT2D eigenvalue weighted by Crippen LogP contribution is -2.37. The van der Waals surface area contributed by atoms with Crippen molar-refractivity contribution in [2.24, 2.45) is 11.5 Å². The van der Waals surface area contributed by atoms with Crippen LogP contribution in [0.1, 0.15) is 55.7 Å². The van der Waals surface area contributed by atoms with Crippen molar-refractivity contribution < 1.29 is 9.13 Å². The molecule has 44 heavy (non-hydrogen) atoms. The predicted octanol–water partition coefficient (Wildman–Crippen LogP) is 5.67. The van der Waals surface area contributed by atoms with Gasteiger partial charge in [0.2, 0.25) is 0 Å². The number of amidine groups is 1. The molecule has 0 spiro atoms. The fraction of sp³-hybridized carbons (Fsp3) is 0.406. The number of fused-ring (bicyclic) bond motifs is 1. The van der Waals surface area contributed by atoms with E-state index < -0.39 is 11.5 Å². The molecule has 234 valence electrons. The van der Waals surface area contributed by atoms with Crippen LogP contribution in [0.25, 0.3) is 28.0 Å². The third kappa shape index (κ3) is 7.89. The monoisotopic (exact) mass is 639 g/mol. The molecule has 1 saturated heterocycles. The topological polar surface area (TPSA) is 148 Å². The number of piperidine rings is 1. The number of rotatable bonds is 12. The van der Waals surface area contributed by atoms with Crippen LogP contribution in [0.2, 0.25) is 5.02 Å². The molecule has 0 saturated carbocycles. The lowest BCUT2D eigenvalue weighted by molar-refractivity contribution is 0.176. The number of thioether (sulfide) groups is 1. The zero-order chi connectivity index (χ0) is 31.2. The second-order valence-corrected chi connectivity index (χ2v) is 12.9. The van der Waals surface area contributed by atoms with Crippen LogP contribution in [-0.2, 0) is 11.2 Å². The Hall–Kier alpha value is -3.22. The molecule has 0 amide bonds. The minimum atomic E-state index is -0.528. The number of halogens is 2. The normalized spacial score (nSPS) is 17.6. The number of hydrogen-bond acceptors (Lipinski definition) is 7. The summed E-state index contributed by atoms with van der Waals surface area (Å²) in [4.78, 5) is 20.4. The Balaban J connectivity index is 1.32. The van der Waals surface area contributed by atoms with Gasteiger partial charge in [-0.15, -0.1) is 0 Å². The van der Waals surface area contributed by atoms with Crippen molar-refractivity contribution in [3.63, 3.8) is 0 Å². The van der Waals surface area contributed by atoms with Gasteiger partial charge in [-0.2, -0.15) is 4.98 Å². The Kier molecular flexibility index (Phi) is 10.8. The van der Waals surface area contributed by atoms with Crippen molar-refractivity contribution in [1.29, 1.82) is 5.41 Å². The Morgan fingerprint density at radius 3 is 2.82 bits per heavy atom. The zero-order valence-electron chi connectivity index (χ0n) is 24.7. The smallest absolute Gasteiger partial charge is 0.354 e. The Labute approximate surface area is 265 Å². The number of aromatic nitrogens is 3. The molecule has 2 aromatic carbocycles. The maximum atomic E-state index is 15.2. The van der Waals surface area contributed by atoms with Crippen LogP contribution in [0.15, 0.2) is 53.5 Å². The first-order chi connectivity index (χ1) is 21.2. The third-order valence-corrected chi connectivity index (χ3v) is 9.11. The number of nitrogens with one attached hydrogen (secondary N) is 3. The van der Waals surface area contributed by atoms with Crippen LogP contribution in [0, 0.1) is 11.2 Å². The molecule has 0 bridgehead atoms. The molecular formula is C32H39ClFN7O2S. The van der Waals surface area contributed by atoms with E-state index in [2.05, 4.69) is 15.3 Å². The van der Waals surface area contributed by atoms with E-state index in [1.807, 2.05) is 24.3 Å². The van der Waals surface area contributed by atoms with Crippen molar-refractivity contribution >= 4 is 39.6 Å². The summed E-state index contributed by atoms with van der Waals surface area (Å²) in [7, 11) is 1.62. The van der Waals surface area contributed by atoms with Gasteiger partial charge in [0.25, 0.3) is 0 Å². The van der Waals surface area contributed by atoms with Gasteiger partial charge in [0, 0.05) is 48.1 Å². The van der Waals surface area contributed by atoms with Gasteiger partial charge in [0.1, 0.15) is 5.65 Å². The summed E-state index contributed by atoms with van der Waals surface area (Å²) in [6, 6.07) is 13.7. The number of aryl methyl sites for hydroxylation is 1. The summed E-state index contributed by atoms with van der Waals surface area (Å²) in [5.41, 5.74) is 15.0. The lowest BCUT2D eigenvalue weighted by atomic mass is 9.92. The van der Waals surface area contributed by atoms with Crippen LogP contribution in [0.3, 0.4) is 0 Å². The highest BCUT2D eigenvalue weighted by atomic mass is 35.5. The van der Waals surface area contributed by atoms with E-state index in [-0.39, 0.29) is 22.3 Å². The van der Waals surface area contributed by atoms with Crippen LogP contribution in [0.5, 0.6) is 0 Å². The van der Waals surface area contributed by atoms with Gasteiger partial charge in [-0.25, -0.2) is 9.18 Å². The first-order valence-corrected chi connectivity index (χ1v) is 16.3. The van der Waals surface area contributed by atoms with Crippen LogP contribution < -0.4 is 22.5 Å². The first kappa shape index (κ1) is 32.2. The van der Waals surface area contributed by atoms with Crippen molar-refractivity contribution in [1.82, 2.24) is 19.9 Å². The van der Waals surface area contributed by atoms with Crippen molar-refractivity contribution in [3.05, 3.63) is 81.1 Å². The van der Waals surface area contributed by atoms with E-state index in [9.17, 15) is 4.79 Å². The fourth-order valence-corrected chi connectivity index (χ4v) is 6.73. The van der Waals surface area contributed by atoms with E-state index in [4.69, 9.17) is 33.2 Å². The Bertz CT molecular complexity index is 1660. The van der Waals surface area contributed by atoms with Crippen molar-refractivity contribution in [3.8, 4) is 16.9 Å². The summed E-state index contributed by atoms with van der Waals surface area (Å²) in [5, 5.41) is 12.0. The van der Waals surface area contributed by atoms with E-state index in [0.29, 0.717) is 47.0 Å². The zero-order valence-corrected chi connectivity index (χ0v) is 26.3. The van der Waals surface area contributed by atoms with Crippen molar-refractivity contribution in [2.45, 2.75) is 63.1 Å². The van der Waals surface area contributed by atoms with Gasteiger partial charge >= 0.3 is 5.69 Å². The summed E-state index contributed by atoms with van der Waals surface area (Å²) in [6.45, 7) is 0.491. The van der Waals surface area contributed by atoms with Gasteiger partial charge in [0.15, 0.2) is 11.0 Å². The third-order valence-electron chi connectivity index (χ3n) is 8.09. The molecule has 3 atom stereocenters. The lowest BCUT2D eigenvalue weighted by Gasteiger charge is -2.31. The van der Waals surface area contributed by atoms with Gasteiger partial charge in [0.05, 0.1) is 23.0 Å². The largest absolute Gasteiger partial charge is 0.383 e. The number of benzene rings is 2. The first-order valence-electron chi connectivity index (χ1n) is 14.9. The molecule has 0 unspecified atom stereocenters. The minimum absolute atomic E-state index is 0.0405. The number of H-pyrrole nitrogens is 1. The van der Waals surface area contributed by atoms with Gasteiger partial charge in [-0.05, 0) is 80.0 Å². The molecule has 4 aromatic rings. The molecule has 9 nitrogen and oxygen atoms in total. The molecule has 1 aliphatic heterocycles. The number of methoxy groups -OCH3 is 1. The van der Waals surface area contributed by atoms with Crippen LogP contribution in [0.4, 0.5) is 4.39 Å². The maximum Gasteiger partial charge on any atom is 0.354 e. The fourth-order valence-electron chi connectivity index (χ4n) is 5.86. The van der Waals surface area contributed by atoms with E-state index in [1.54, 1.807) is 31.5 Å². The highest BCUT2D eigenvalue weighted by Crippen LogP contribution is 2.32. The average molecular weight is 640 g/mol. The molecule has 0 radical (unpaired) electrons. The van der Waals surface area contributed by atoms with E-state index >= 15 is 4.39 Å². The highest BCUT2D eigenvalue weighted by molar-refractivity contribution is 8.13. The molecule has 2 aromatic heterocycles. The maximum absolute atomic E-state index is 15.2. The molecule has 5 rings (SSSR count). The van der Waals surface area contributed by atoms with Crippen LogP contribution in [-0.4, -0.2) is 51.3 Å². The van der Waals surface area contributed by atoms with E-state index in [0.717, 1.165) is 55.4 Å². The molecule has 1 fully saturated rings. The predicted molar refractivity (Wildman–Crippen MR) is 177 cm³/mol. The molecule has 1 aliphatic rings. The van der Waals surface area contributed by atoms with Crippen LogP contribution >= 0.6 is 23.4 Å². The molecule has 7 N–H and O–H groups in total. The summed E-state index contributed by atoms with van der Waals surface area (Å²) in [6.07, 6.45) is 8.25. The van der Waals surface area contributed by atoms with Crippen molar-refractivity contribution in [2.75, 3.05) is 19.5 Å².